The number of thioether (sulfide) groups is 1. The third-order valence-electron chi connectivity index (χ3n) is 3.87. The predicted molar refractivity (Wildman–Crippen MR) is 85.3 cm³/mol. The van der Waals surface area contributed by atoms with Gasteiger partial charge in [-0.25, -0.2) is 9.97 Å². The summed E-state index contributed by atoms with van der Waals surface area (Å²) in [4.78, 5) is 20.8. The number of fused-ring (bicyclic) bond motifs is 1. The molecule has 1 amide bonds. The Morgan fingerprint density at radius 2 is 2.05 bits per heavy atom. The molecule has 5 heteroatoms. The van der Waals surface area contributed by atoms with Crippen molar-refractivity contribution >= 4 is 28.6 Å². The number of carbonyl (C=O) groups is 1. The number of rotatable bonds is 4. The molecule has 110 valence electrons. The lowest BCUT2D eigenvalue weighted by Gasteiger charge is -2.16. The Bertz CT molecular complexity index is 635. The first-order valence-electron chi connectivity index (χ1n) is 7.41. The maximum atomic E-state index is 12.3. The normalized spacial score (nSPS) is 17.0. The lowest BCUT2D eigenvalue weighted by Crippen LogP contribution is -2.37. The van der Waals surface area contributed by atoms with Crippen LogP contribution in [-0.2, 0) is 4.79 Å². The molecular weight excluding hydrogens is 282 g/mol. The van der Waals surface area contributed by atoms with Crippen LogP contribution in [0.25, 0.3) is 10.9 Å². The molecule has 0 saturated heterocycles. The van der Waals surface area contributed by atoms with E-state index in [0.29, 0.717) is 6.04 Å². The van der Waals surface area contributed by atoms with E-state index in [2.05, 4.69) is 15.3 Å². The summed E-state index contributed by atoms with van der Waals surface area (Å²) in [6.07, 6.45) is 6.23. The summed E-state index contributed by atoms with van der Waals surface area (Å²) in [7, 11) is 0. The van der Waals surface area contributed by atoms with Crippen LogP contribution in [0.15, 0.2) is 35.6 Å². The second-order valence-electron chi connectivity index (χ2n) is 5.45. The van der Waals surface area contributed by atoms with E-state index in [1.165, 1.54) is 24.6 Å². The van der Waals surface area contributed by atoms with Crippen LogP contribution < -0.4 is 5.32 Å². The van der Waals surface area contributed by atoms with Crippen molar-refractivity contribution in [3.8, 4) is 0 Å². The number of aromatic nitrogens is 2. The topological polar surface area (TPSA) is 54.9 Å². The molecule has 1 aliphatic rings. The molecule has 1 N–H and O–H groups in total. The van der Waals surface area contributed by atoms with Crippen LogP contribution in [0.4, 0.5) is 0 Å². The van der Waals surface area contributed by atoms with Gasteiger partial charge in [0.2, 0.25) is 5.91 Å². The zero-order valence-corrected chi connectivity index (χ0v) is 12.9. The van der Waals surface area contributed by atoms with Gasteiger partial charge in [0.25, 0.3) is 0 Å². The summed E-state index contributed by atoms with van der Waals surface area (Å²) in [5.41, 5.74) is 0.915. The summed E-state index contributed by atoms with van der Waals surface area (Å²) in [5, 5.41) is 4.87. The average molecular weight is 301 g/mol. The summed E-state index contributed by atoms with van der Waals surface area (Å²) in [6, 6.07) is 8.26. The molecule has 1 aromatic carbocycles. The van der Waals surface area contributed by atoms with Gasteiger partial charge in [-0.2, -0.15) is 0 Å². The molecular formula is C16H19N3OS. The highest BCUT2D eigenvalue weighted by molar-refractivity contribution is 8.00. The Morgan fingerprint density at radius 1 is 1.29 bits per heavy atom. The fourth-order valence-corrected chi connectivity index (χ4v) is 3.60. The first kappa shape index (κ1) is 14.3. The number of carbonyl (C=O) groups excluding carboxylic acids is 1. The first-order chi connectivity index (χ1) is 10.2. The van der Waals surface area contributed by atoms with E-state index in [4.69, 9.17) is 0 Å². The highest BCUT2D eigenvalue weighted by atomic mass is 32.2. The number of para-hydroxylation sites is 1. The number of hydrogen-bond acceptors (Lipinski definition) is 4. The highest BCUT2D eigenvalue weighted by Gasteiger charge is 2.22. The molecule has 0 bridgehead atoms. The largest absolute Gasteiger partial charge is 0.352 e. The molecule has 1 aromatic heterocycles. The Morgan fingerprint density at radius 3 is 2.86 bits per heavy atom. The smallest absolute Gasteiger partial charge is 0.233 e. The van der Waals surface area contributed by atoms with Crippen molar-refractivity contribution in [2.75, 3.05) is 0 Å². The SMILES string of the molecule is CC(Sc1ncnc2ccccc12)C(=O)NC1CCCC1. The number of hydrogen-bond donors (Lipinski definition) is 1. The molecule has 0 radical (unpaired) electrons. The zero-order chi connectivity index (χ0) is 14.7. The van der Waals surface area contributed by atoms with Gasteiger partial charge < -0.3 is 5.32 Å². The zero-order valence-electron chi connectivity index (χ0n) is 12.1. The van der Waals surface area contributed by atoms with Gasteiger partial charge in [0, 0.05) is 11.4 Å². The molecule has 1 heterocycles. The third kappa shape index (κ3) is 3.35. The van der Waals surface area contributed by atoms with Crippen LogP contribution in [-0.4, -0.2) is 27.2 Å². The molecule has 0 aliphatic heterocycles. The fourth-order valence-electron chi connectivity index (χ4n) is 2.68. The Hall–Kier alpha value is -1.62. The van der Waals surface area contributed by atoms with Crippen molar-refractivity contribution in [3.63, 3.8) is 0 Å². The Labute approximate surface area is 128 Å². The van der Waals surface area contributed by atoms with Crippen LogP contribution in [0, 0.1) is 0 Å². The molecule has 1 unspecified atom stereocenters. The van der Waals surface area contributed by atoms with Crippen molar-refractivity contribution < 1.29 is 4.79 Å². The minimum atomic E-state index is -0.149. The van der Waals surface area contributed by atoms with E-state index in [9.17, 15) is 4.79 Å². The monoisotopic (exact) mass is 301 g/mol. The molecule has 2 aromatic rings. The van der Waals surface area contributed by atoms with Gasteiger partial charge in [-0.1, -0.05) is 42.8 Å². The number of amides is 1. The van der Waals surface area contributed by atoms with Crippen LogP contribution in [0.3, 0.4) is 0 Å². The predicted octanol–water partition coefficient (Wildman–Crippen LogP) is 3.17. The molecule has 0 spiro atoms. The van der Waals surface area contributed by atoms with Gasteiger partial charge in [-0.15, -0.1) is 0 Å². The minimum absolute atomic E-state index is 0.106. The Balaban J connectivity index is 1.70. The third-order valence-corrected chi connectivity index (χ3v) is 4.98. The van der Waals surface area contributed by atoms with E-state index in [1.807, 2.05) is 31.2 Å². The van der Waals surface area contributed by atoms with Crippen molar-refractivity contribution in [1.82, 2.24) is 15.3 Å². The molecule has 4 nitrogen and oxygen atoms in total. The Kier molecular flexibility index (Phi) is 4.39. The maximum Gasteiger partial charge on any atom is 0.233 e. The second-order valence-corrected chi connectivity index (χ2v) is 6.78. The van der Waals surface area contributed by atoms with Crippen LogP contribution in [0.1, 0.15) is 32.6 Å². The average Bonchev–Trinajstić information content (AvgIpc) is 3.00. The second kappa shape index (κ2) is 6.43. The van der Waals surface area contributed by atoms with E-state index in [1.54, 1.807) is 6.33 Å². The van der Waals surface area contributed by atoms with Gasteiger partial charge in [-0.3, -0.25) is 4.79 Å². The summed E-state index contributed by atoms with van der Waals surface area (Å²) in [5.74, 6) is 0.106. The lowest BCUT2D eigenvalue weighted by molar-refractivity contribution is -0.120. The summed E-state index contributed by atoms with van der Waals surface area (Å²) in [6.45, 7) is 1.94. The van der Waals surface area contributed by atoms with Crippen LogP contribution in [0.5, 0.6) is 0 Å². The van der Waals surface area contributed by atoms with Gasteiger partial charge in [-0.05, 0) is 25.8 Å². The van der Waals surface area contributed by atoms with Crippen molar-refractivity contribution in [2.24, 2.45) is 0 Å². The van der Waals surface area contributed by atoms with Gasteiger partial charge >= 0.3 is 0 Å². The maximum absolute atomic E-state index is 12.3. The van der Waals surface area contributed by atoms with Gasteiger partial charge in [0.15, 0.2) is 0 Å². The lowest BCUT2D eigenvalue weighted by atomic mass is 10.2. The van der Waals surface area contributed by atoms with Crippen LogP contribution >= 0.6 is 11.8 Å². The van der Waals surface area contributed by atoms with Gasteiger partial charge in [0.1, 0.15) is 11.4 Å². The van der Waals surface area contributed by atoms with Crippen LogP contribution in [0.2, 0.25) is 0 Å². The molecule has 1 atom stereocenters. The van der Waals surface area contributed by atoms with E-state index < -0.39 is 0 Å². The first-order valence-corrected chi connectivity index (χ1v) is 8.29. The van der Waals surface area contributed by atoms with E-state index in [0.717, 1.165) is 28.8 Å². The molecule has 1 saturated carbocycles. The summed E-state index contributed by atoms with van der Waals surface area (Å²) < 4.78 is 0. The quantitative estimate of drug-likeness (QED) is 0.696. The van der Waals surface area contributed by atoms with Crippen molar-refractivity contribution in [2.45, 2.75) is 48.9 Å². The standard InChI is InChI=1S/C16H19N3OS/c1-11(15(20)19-12-6-2-3-7-12)21-16-13-8-4-5-9-14(13)17-10-18-16/h4-5,8-12H,2-3,6-7H2,1H3,(H,19,20). The molecule has 21 heavy (non-hydrogen) atoms. The summed E-state index contributed by atoms with van der Waals surface area (Å²) >= 11 is 1.50. The fraction of sp³-hybridized carbons (Fsp3) is 0.438. The minimum Gasteiger partial charge on any atom is -0.352 e. The van der Waals surface area contributed by atoms with Crippen molar-refractivity contribution in [3.05, 3.63) is 30.6 Å². The highest BCUT2D eigenvalue weighted by Crippen LogP contribution is 2.28. The number of nitrogens with one attached hydrogen (secondary N) is 1. The van der Waals surface area contributed by atoms with Gasteiger partial charge in [0.05, 0.1) is 10.8 Å². The molecule has 1 aliphatic carbocycles. The van der Waals surface area contributed by atoms with Crippen molar-refractivity contribution in [1.29, 1.82) is 0 Å². The molecule has 1 fully saturated rings. The molecule has 3 rings (SSSR count). The number of nitrogens with zero attached hydrogens (tertiary/aromatic N) is 2. The van der Waals surface area contributed by atoms with E-state index >= 15 is 0 Å². The van der Waals surface area contributed by atoms with E-state index in [-0.39, 0.29) is 11.2 Å². The number of benzene rings is 1.